The van der Waals surface area contributed by atoms with Gasteiger partial charge in [0.15, 0.2) is 0 Å². The number of carbonyl (C=O) groups excluding carboxylic acids is 1. The van der Waals surface area contributed by atoms with E-state index in [1.54, 1.807) is 36.0 Å². The first-order chi connectivity index (χ1) is 12.8. The van der Waals surface area contributed by atoms with Crippen molar-refractivity contribution < 1.29 is 4.79 Å². The summed E-state index contributed by atoms with van der Waals surface area (Å²) in [5.41, 5.74) is 6.38. The Morgan fingerprint density at radius 3 is 2.88 bits per heavy atom. The Bertz CT molecular complexity index is 1080. The van der Waals surface area contributed by atoms with Crippen LogP contribution >= 0.6 is 11.3 Å². The lowest BCUT2D eigenvalue weighted by atomic mass is 10.0. The van der Waals surface area contributed by atoms with E-state index >= 15 is 0 Å². The number of hydrogen-bond acceptors (Lipinski definition) is 5. The molecule has 0 radical (unpaired) electrons. The summed E-state index contributed by atoms with van der Waals surface area (Å²) < 4.78 is 0. The SMILES string of the molecule is O=C(N/N=C\c1ccsc1)c1cc(-c2cccnc2)nc2ccccc12. The van der Waals surface area contributed by atoms with Gasteiger partial charge in [-0.15, -0.1) is 0 Å². The number of hydrazone groups is 1. The molecule has 0 spiro atoms. The highest BCUT2D eigenvalue weighted by Crippen LogP contribution is 2.24. The third-order valence-corrected chi connectivity index (χ3v) is 4.54. The molecule has 0 atom stereocenters. The Kier molecular flexibility index (Phi) is 4.49. The predicted octanol–water partition coefficient (Wildman–Crippen LogP) is 4.12. The number of pyridine rings is 2. The van der Waals surface area contributed by atoms with E-state index in [0.29, 0.717) is 11.3 Å². The van der Waals surface area contributed by atoms with Gasteiger partial charge in [0.1, 0.15) is 0 Å². The van der Waals surface area contributed by atoms with Crippen LogP contribution < -0.4 is 5.43 Å². The topological polar surface area (TPSA) is 67.2 Å². The number of amides is 1. The highest BCUT2D eigenvalue weighted by molar-refractivity contribution is 7.08. The monoisotopic (exact) mass is 358 g/mol. The Morgan fingerprint density at radius 1 is 1.15 bits per heavy atom. The summed E-state index contributed by atoms with van der Waals surface area (Å²) in [6, 6.07) is 15.0. The maximum absolute atomic E-state index is 12.7. The number of fused-ring (bicyclic) bond motifs is 1. The fourth-order valence-corrected chi connectivity index (χ4v) is 3.21. The van der Waals surface area contributed by atoms with Crippen LogP contribution in [-0.4, -0.2) is 22.1 Å². The lowest BCUT2D eigenvalue weighted by Crippen LogP contribution is -2.18. The first-order valence-electron chi connectivity index (χ1n) is 7.97. The average Bonchev–Trinajstić information content (AvgIpc) is 3.21. The molecule has 0 saturated heterocycles. The maximum Gasteiger partial charge on any atom is 0.272 e. The van der Waals surface area contributed by atoms with Crippen molar-refractivity contribution in [3.63, 3.8) is 0 Å². The van der Waals surface area contributed by atoms with Gasteiger partial charge >= 0.3 is 0 Å². The molecule has 1 amide bonds. The molecule has 1 N–H and O–H groups in total. The second kappa shape index (κ2) is 7.25. The van der Waals surface area contributed by atoms with Gasteiger partial charge in [-0.2, -0.15) is 16.4 Å². The second-order valence-electron chi connectivity index (χ2n) is 5.57. The third kappa shape index (κ3) is 3.36. The molecule has 0 saturated carbocycles. The molecule has 126 valence electrons. The van der Waals surface area contributed by atoms with Crippen molar-refractivity contribution in [2.45, 2.75) is 0 Å². The van der Waals surface area contributed by atoms with Crippen LogP contribution in [0.25, 0.3) is 22.2 Å². The van der Waals surface area contributed by atoms with Crippen molar-refractivity contribution >= 4 is 34.4 Å². The van der Waals surface area contributed by atoms with Crippen molar-refractivity contribution in [2.75, 3.05) is 0 Å². The summed E-state index contributed by atoms with van der Waals surface area (Å²) in [6.45, 7) is 0. The molecule has 26 heavy (non-hydrogen) atoms. The van der Waals surface area contributed by atoms with Crippen LogP contribution in [0.1, 0.15) is 15.9 Å². The zero-order valence-corrected chi connectivity index (χ0v) is 14.5. The van der Waals surface area contributed by atoms with Gasteiger partial charge in [-0.05, 0) is 41.1 Å². The predicted molar refractivity (Wildman–Crippen MR) is 104 cm³/mol. The van der Waals surface area contributed by atoms with Crippen LogP contribution in [0.4, 0.5) is 0 Å². The summed E-state index contributed by atoms with van der Waals surface area (Å²) in [4.78, 5) is 21.5. The molecule has 4 aromatic rings. The summed E-state index contributed by atoms with van der Waals surface area (Å²) in [7, 11) is 0. The Hall–Kier alpha value is -3.38. The van der Waals surface area contributed by atoms with Crippen LogP contribution in [0, 0.1) is 0 Å². The minimum absolute atomic E-state index is 0.278. The summed E-state index contributed by atoms with van der Waals surface area (Å²) in [6.07, 6.45) is 5.06. The standard InChI is InChI=1S/C20H14N4OS/c25-20(24-22-11-14-7-9-26-13-14)17-10-19(15-4-3-8-21-12-15)23-18-6-2-1-5-16(17)18/h1-13H,(H,24,25)/b22-11-. The second-order valence-corrected chi connectivity index (χ2v) is 6.35. The number of aromatic nitrogens is 2. The van der Waals surface area contributed by atoms with Crippen molar-refractivity contribution in [1.82, 2.24) is 15.4 Å². The van der Waals surface area contributed by atoms with Gasteiger partial charge in [0, 0.05) is 28.9 Å². The quantitative estimate of drug-likeness (QED) is 0.441. The molecule has 0 unspecified atom stereocenters. The summed E-state index contributed by atoms with van der Waals surface area (Å²) in [5, 5.41) is 8.74. The molecule has 1 aromatic carbocycles. The van der Waals surface area contributed by atoms with Gasteiger partial charge in [0.05, 0.1) is 23.0 Å². The van der Waals surface area contributed by atoms with Crippen LogP contribution in [0.3, 0.4) is 0 Å². The van der Waals surface area contributed by atoms with E-state index in [1.807, 2.05) is 53.2 Å². The lowest BCUT2D eigenvalue weighted by molar-refractivity contribution is 0.0957. The molecular formula is C20H14N4OS. The van der Waals surface area contributed by atoms with E-state index in [1.165, 1.54) is 0 Å². The van der Waals surface area contributed by atoms with Gasteiger partial charge in [-0.25, -0.2) is 10.4 Å². The smallest absolute Gasteiger partial charge is 0.267 e. The zero-order chi connectivity index (χ0) is 17.8. The van der Waals surface area contributed by atoms with Gasteiger partial charge < -0.3 is 0 Å². The molecular weight excluding hydrogens is 344 g/mol. The highest BCUT2D eigenvalue weighted by atomic mass is 32.1. The van der Waals surface area contributed by atoms with E-state index in [9.17, 15) is 4.79 Å². The minimum Gasteiger partial charge on any atom is -0.267 e. The Labute approximate surface area is 154 Å². The average molecular weight is 358 g/mol. The fraction of sp³-hybridized carbons (Fsp3) is 0. The van der Waals surface area contributed by atoms with Gasteiger partial charge in [-0.1, -0.05) is 18.2 Å². The number of rotatable bonds is 4. The van der Waals surface area contributed by atoms with Crippen LogP contribution in [-0.2, 0) is 0 Å². The molecule has 5 nitrogen and oxygen atoms in total. The van der Waals surface area contributed by atoms with Crippen LogP contribution in [0.5, 0.6) is 0 Å². The van der Waals surface area contributed by atoms with E-state index in [0.717, 1.165) is 22.0 Å². The van der Waals surface area contributed by atoms with Gasteiger partial charge in [-0.3, -0.25) is 9.78 Å². The molecule has 3 aromatic heterocycles. The normalized spacial score (nSPS) is 11.1. The van der Waals surface area contributed by atoms with E-state index in [-0.39, 0.29) is 5.91 Å². The molecule has 0 aliphatic heterocycles. The van der Waals surface area contributed by atoms with Crippen molar-refractivity contribution in [1.29, 1.82) is 0 Å². The van der Waals surface area contributed by atoms with Crippen LogP contribution in [0.2, 0.25) is 0 Å². The number of benzene rings is 1. The highest BCUT2D eigenvalue weighted by Gasteiger charge is 2.13. The summed E-state index contributed by atoms with van der Waals surface area (Å²) in [5.74, 6) is -0.278. The van der Waals surface area contributed by atoms with Crippen molar-refractivity contribution in [3.8, 4) is 11.3 Å². The van der Waals surface area contributed by atoms with E-state index in [4.69, 9.17) is 0 Å². The minimum atomic E-state index is -0.278. The van der Waals surface area contributed by atoms with Crippen molar-refractivity contribution in [3.05, 3.63) is 82.8 Å². The first kappa shape index (κ1) is 16.1. The van der Waals surface area contributed by atoms with E-state index in [2.05, 4.69) is 20.5 Å². The molecule has 4 rings (SSSR count). The fourth-order valence-electron chi connectivity index (χ4n) is 2.60. The molecule has 6 heteroatoms. The molecule has 0 fully saturated rings. The van der Waals surface area contributed by atoms with Gasteiger partial charge in [0.25, 0.3) is 5.91 Å². The largest absolute Gasteiger partial charge is 0.272 e. The number of thiophene rings is 1. The number of nitrogens with one attached hydrogen (secondary N) is 1. The number of carbonyl (C=O) groups is 1. The Morgan fingerprint density at radius 2 is 2.08 bits per heavy atom. The Balaban J connectivity index is 1.72. The lowest BCUT2D eigenvalue weighted by Gasteiger charge is -2.08. The van der Waals surface area contributed by atoms with Crippen molar-refractivity contribution in [2.24, 2.45) is 5.10 Å². The molecule has 0 aliphatic carbocycles. The molecule has 3 heterocycles. The first-order valence-corrected chi connectivity index (χ1v) is 8.91. The van der Waals surface area contributed by atoms with Crippen LogP contribution in [0.15, 0.2) is 76.8 Å². The molecule has 0 bridgehead atoms. The number of para-hydroxylation sites is 1. The maximum atomic E-state index is 12.7. The number of nitrogens with zero attached hydrogens (tertiary/aromatic N) is 3. The third-order valence-electron chi connectivity index (χ3n) is 3.84. The van der Waals surface area contributed by atoms with E-state index < -0.39 is 0 Å². The van der Waals surface area contributed by atoms with Gasteiger partial charge in [0.2, 0.25) is 0 Å². The zero-order valence-electron chi connectivity index (χ0n) is 13.7. The summed E-state index contributed by atoms with van der Waals surface area (Å²) >= 11 is 1.58. The number of hydrogen-bond donors (Lipinski definition) is 1. The molecule has 0 aliphatic rings.